The van der Waals surface area contributed by atoms with Crippen LogP contribution in [0.4, 0.5) is 0 Å². The Morgan fingerprint density at radius 3 is 1.56 bits per heavy atom. The van der Waals surface area contributed by atoms with E-state index in [-0.39, 0.29) is 0 Å². The van der Waals surface area contributed by atoms with Gasteiger partial charge in [-0.25, -0.2) is 11.2 Å². The molecule has 0 aliphatic rings. The molecule has 0 amide bonds. The van der Waals surface area contributed by atoms with Crippen molar-refractivity contribution in [1.82, 2.24) is 4.67 Å². The molecular weight excluding hydrogens is 708 g/mol. The highest BCUT2D eigenvalue weighted by atomic mass is 33.1. The molecular formula is C42H61N2O5PS2. The van der Waals surface area contributed by atoms with Crippen LogP contribution in [0.15, 0.2) is 78.9 Å². The number of nitrogens with zero attached hydrogens (tertiary/aromatic N) is 2. The Morgan fingerprint density at radius 1 is 0.615 bits per heavy atom. The SMILES string of the molecule is [C-]#[N+]CCOP(OCCCCCCSSCCCCCCOC(c1ccccc1)(c1ccc(OC)cc1)c1ccc(OC)cc1)N(C(C)C)C(C)C. The minimum absolute atomic E-state index is 0.337. The van der Waals surface area contributed by atoms with Crippen molar-refractivity contribution in [3.05, 3.63) is 107 Å². The Balaban J connectivity index is 1.36. The van der Waals surface area contributed by atoms with Crippen LogP contribution in [-0.2, 0) is 19.4 Å². The minimum Gasteiger partial charge on any atom is -0.497 e. The van der Waals surface area contributed by atoms with Crippen LogP contribution < -0.4 is 9.47 Å². The van der Waals surface area contributed by atoms with Crippen LogP contribution in [0.25, 0.3) is 4.85 Å². The first-order chi connectivity index (χ1) is 25.4. The molecule has 0 spiro atoms. The second-order valence-electron chi connectivity index (χ2n) is 13.2. The van der Waals surface area contributed by atoms with Gasteiger partial charge in [-0.2, -0.15) is 0 Å². The zero-order valence-corrected chi connectivity index (χ0v) is 34.8. The third-order valence-electron chi connectivity index (χ3n) is 8.67. The lowest BCUT2D eigenvalue weighted by molar-refractivity contribution is 0.0106. The van der Waals surface area contributed by atoms with Gasteiger partial charge in [-0.05, 0) is 94.3 Å². The van der Waals surface area contributed by atoms with Crippen molar-refractivity contribution in [3.63, 3.8) is 0 Å². The molecule has 10 heteroatoms. The first kappa shape index (κ1) is 44.1. The molecule has 52 heavy (non-hydrogen) atoms. The van der Waals surface area contributed by atoms with Crippen LogP contribution in [0, 0.1) is 6.57 Å². The monoisotopic (exact) mass is 768 g/mol. The van der Waals surface area contributed by atoms with E-state index >= 15 is 0 Å². The molecule has 0 N–H and O–H groups in total. The zero-order valence-electron chi connectivity index (χ0n) is 32.3. The largest absolute Gasteiger partial charge is 0.497 e. The number of rotatable bonds is 28. The fraction of sp³-hybridized carbons (Fsp3) is 0.548. The van der Waals surface area contributed by atoms with Gasteiger partial charge in [0.2, 0.25) is 6.54 Å². The lowest BCUT2D eigenvalue weighted by Gasteiger charge is -2.36. The average Bonchev–Trinajstić information content (AvgIpc) is 3.16. The van der Waals surface area contributed by atoms with Gasteiger partial charge in [0.25, 0.3) is 8.53 Å². The van der Waals surface area contributed by atoms with E-state index in [0.717, 1.165) is 47.5 Å². The van der Waals surface area contributed by atoms with Gasteiger partial charge in [0.1, 0.15) is 23.7 Å². The van der Waals surface area contributed by atoms with Crippen molar-refractivity contribution in [3.8, 4) is 11.5 Å². The molecule has 0 radical (unpaired) electrons. The summed E-state index contributed by atoms with van der Waals surface area (Å²) in [5, 5.41) is 0. The second-order valence-corrected chi connectivity index (χ2v) is 17.3. The molecule has 0 aliphatic carbocycles. The number of ether oxygens (including phenoxy) is 3. The third-order valence-corrected chi connectivity index (χ3v) is 13.4. The van der Waals surface area contributed by atoms with Gasteiger partial charge >= 0.3 is 0 Å². The van der Waals surface area contributed by atoms with E-state index in [9.17, 15) is 0 Å². The smallest absolute Gasteiger partial charge is 0.259 e. The Hall–Kier alpha value is -2.28. The Kier molecular flexibility index (Phi) is 21.8. The highest BCUT2D eigenvalue weighted by Crippen LogP contribution is 2.46. The van der Waals surface area contributed by atoms with Gasteiger partial charge in [-0.3, -0.25) is 0 Å². The van der Waals surface area contributed by atoms with E-state index in [1.807, 2.05) is 51.9 Å². The van der Waals surface area contributed by atoms with E-state index in [1.54, 1.807) is 14.2 Å². The Labute approximate surface area is 324 Å². The number of benzene rings is 3. The maximum Gasteiger partial charge on any atom is 0.259 e. The van der Waals surface area contributed by atoms with Crippen molar-refractivity contribution >= 4 is 30.1 Å². The molecule has 3 rings (SSSR count). The molecule has 0 aliphatic heterocycles. The van der Waals surface area contributed by atoms with Crippen LogP contribution in [0.5, 0.6) is 11.5 Å². The van der Waals surface area contributed by atoms with Crippen molar-refractivity contribution in [1.29, 1.82) is 0 Å². The van der Waals surface area contributed by atoms with Crippen LogP contribution in [0.1, 0.15) is 95.8 Å². The molecule has 1 atom stereocenters. The number of hydrogen-bond donors (Lipinski definition) is 0. The van der Waals surface area contributed by atoms with Gasteiger partial charge in [0, 0.05) is 30.2 Å². The van der Waals surface area contributed by atoms with Crippen LogP contribution in [0.3, 0.4) is 0 Å². The zero-order chi connectivity index (χ0) is 37.4. The number of methoxy groups -OCH3 is 2. The van der Waals surface area contributed by atoms with Crippen molar-refractivity contribution in [2.24, 2.45) is 0 Å². The van der Waals surface area contributed by atoms with Crippen LogP contribution >= 0.6 is 30.1 Å². The first-order valence-corrected chi connectivity index (χ1v) is 22.4. The van der Waals surface area contributed by atoms with Gasteiger partial charge in [0.05, 0.1) is 20.8 Å². The topological polar surface area (TPSA) is 53.8 Å². The Bertz CT molecular complexity index is 1330. The first-order valence-electron chi connectivity index (χ1n) is 18.8. The molecule has 0 fully saturated rings. The molecule has 0 saturated carbocycles. The molecule has 3 aromatic rings. The average molecular weight is 769 g/mol. The Morgan fingerprint density at radius 2 is 1.08 bits per heavy atom. The molecule has 286 valence electrons. The second kappa shape index (κ2) is 25.7. The summed E-state index contributed by atoms with van der Waals surface area (Å²) in [7, 11) is 6.28. The summed E-state index contributed by atoms with van der Waals surface area (Å²) >= 11 is 0. The molecule has 1 unspecified atom stereocenters. The summed E-state index contributed by atoms with van der Waals surface area (Å²) in [5.74, 6) is 4.02. The molecule has 0 aromatic heterocycles. The van der Waals surface area contributed by atoms with Gasteiger partial charge in [0.15, 0.2) is 0 Å². The lowest BCUT2D eigenvalue weighted by Crippen LogP contribution is -2.33. The highest BCUT2D eigenvalue weighted by molar-refractivity contribution is 8.76. The van der Waals surface area contributed by atoms with Crippen molar-refractivity contribution in [2.45, 2.75) is 96.7 Å². The molecule has 7 nitrogen and oxygen atoms in total. The maximum atomic E-state index is 7.04. The van der Waals surface area contributed by atoms with Crippen LogP contribution in [-0.4, -0.2) is 68.8 Å². The lowest BCUT2D eigenvalue weighted by atomic mass is 9.80. The summed E-state index contributed by atoms with van der Waals surface area (Å²) in [5.41, 5.74) is 2.48. The van der Waals surface area contributed by atoms with E-state index < -0.39 is 14.1 Å². The van der Waals surface area contributed by atoms with Gasteiger partial charge < -0.3 is 28.1 Å². The normalized spacial score (nSPS) is 12.4. The van der Waals surface area contributed by atoms with E-state index in [2.05, 4.69) is 85.7 Å². The van der Waals surface area contributed by atoms with Gasteiger partial charge in [-0.1, -0.05) is 102 Å². The van der Waals surface area contributed by atoms with Crippen molar-refractivity contribution in [2.75, 3.05) is 52.1 Å². The predicted octanol–water partition coefficient (Wildman–Crippen LogP) is 11.8. The quantitative estimate of drug-likeness (QED) is 0.0238. The van der Waals surface area contributed by atoms with Gasteiger partial charge in [-0.15, -0.1) is 0 Å². The molecule has 0 heterocycles. The summed E-state index contributed by atoms with van der Waals surface area (Å²) in [4.78, 5) is 3.42. The molecule has 0 bridgehead atoms. The molecule has 3 aromatic carbocycles. The fourth-order valence-corrected chi connectivity index (χ4v) is 10.0. The van der Waals surface area contributed by atoms with Crippen molar-refractivity contribution < 1.29 is 23.3 Å². The summed E-state index contributed by atoms with van der Waals surface area (Å²) in [6, 6.07) is 27.7. The maximum absolute atomic E-state index is 7.04. The number of unbranched alkanes of at least 4 members (excludes halogenated alkanes) is 6. The van der Waals surface area contributed by atoms with E-state index in [0.29, 0.717) is 38.4 Å². The third kappa shape index (κ3) is 14.5. The van der Waals surface area contributed by atoms with Crippen LogP contribution in [0.2, 0.25) is 0 Å². The number of hydrogen-bond acceptors (Lipinski definition) is 8. The standard InChI is InChI=1S/C42H61N2O5PS2/c1-35(2)44(36(3)4)50(49-32-29-43-5)48-31-16-9-11-18-34-52-51-33-17-10-8-15-30-47-42(37-19-13-12-14-20-37,38-21-25-40(45-6)26-22-38)39-23-27-41(46-7)28-24-39/h12-14,19-28,35-36H,8-11,15-18,29-34H2,1-4,6-7H3. The summed E-state index contributed by atoms with van der Waals surface area (Å²) in [6.45, 7) is 17.9. The highest BCUT2D eigenvalue weighted by Gasteiger charge is 2.37. The van der Waals surface area contributed by atoms with E-state index in [4.69, 9.17) is 29.8 Å². The minimum atomic E-state index is -1.13. The van der Waals surface area contributed by atoms with E-state index in [1.165, 1.54) is 43.6 Å². The predicted molar refractivity (Wildman–Crippen MR) is 223 cm³/mol. The fourth-order valence-electron chi connectivity index (χ4n) is 6.10. The molecule has 0 saturated heterocycles. The summed E-state index contributed by atoms with van der Waals surface area (Å²) in [6.07, 6.45) is 9.25. The summed E-state index contributed by atoms with van der Waals surface area (Å²) < 4.78 is 32.4.